The van der Waals surface area contributed by atoms with Crippen molar-refractivity contribution in [1.29, 1.82) is 0 Å². The second kappa shape index (κ2) is 9.38. The zero-order valence-electron chi connectivity index (χ0n) is 15.8. The number of ether oxygens (including phenoxy) is 1. The highest BCUT2D eigenvalue weighted by Crippen LogP contribution is 2.42. The number of carbonyl (C=O) groups is 3. The van der Waals surface area contributed by atoms with Gasteiger partial charge in [0.05, 0.1) is 0 Å². The lowest BCUT2D eigenvalue weighted by Crippen LogP contribution is -2.35. The van der Waals surface area contributed by atoms with Crippen LogP contribution in [0.2, 0.25) is 0 Å². The molecule has 0 bridgehead atoms. The molecule has 0 unspecified atom stereocenters. The van der Waals surface area contributed by atoms with Crippen molar-refractivity contribution in [3.8, 4) is 5.75 Å². The number of rotatable bonds is 6. The SMILES string of the molecule is CC(C)(/C=C/C(=O)O)[C@@H](OC(=O)NC(=O)c1ccccc1)c1cc(Br)ccc1O. The number of carboxylic acids is 1. The minimum Gasteiger partial charge on any atom is -0.508 e. The van der Waals surface area contributed by atoms with Crippen molar-refractivity contribution in [1.82, 2.24) is 5.32 Å². The summed E-state index contributed by atoms with van der Waals surface area (Å²) >= 11 is 3.30. The second-order valence-corrected chi connectivity index (χ2v) is 7.72. The number of alkyl carbamates (subject to hydrolysis) is 1. The van der Waals surface area contributed by atoms with Gasteiger partial charge >= 0.3 is 12.1 Å². The van der Waals surface area contributed by atoms with E-state index in [4.69, 9.17) is 9.84 Å². The Morgan fingerprint density at radius 2 is 1.79 bits per heavy atom. The summed E-state index contributed by atoms with van der Waals surface area (Å²) in [6.07, 6.45) is 0.171. The van der Waals surface area contributed by atoms with Crippen molar-refractivity contribution >= 4 is 33.9 Å². The molecule has 0 saturated carbocycles. The van der Waals surface area contributed by atoms with Gasteiger partial charge in [-0.15, -0.1) is 0 Å². The summed E-state index contributed by atoms with van der Waals surface area (Å²) in [5, 5.41) is 21.4. The molecular formula is C21H20BrNO6. The lowest BCUT2D eigenvalue weighted by atomic mass is 9.81. The van der Waals surface area contributed by atoms with Crippen LogP contribution in [0.15, 0.2) is 65.2 Å². The molecule has 0 fully saturated rings. The van der Waals surface area contributed by atoms with E-state index in [2.05, 4.69) is 21.2 Å². The monoisotopic (exact) mass is 461 g/mol. The quantitative estimate of drug-likeness (QED) is 0.548. The largest absolute Gasteiger partial charge is 0.508 e. The number of nitrogens with one attached hydrogen (secondary N) is 1. The standard InChI is InChI=1S/C21H20BrNO6/c1-21(2,11-10-17(25)26)18(15-12-14(22)8-9-16(15)24)29-20(28)23-19(27)13-6-4-3-5-7-13/h3-12,18,24H,1-2H3,(H,25,26)(H,23,27,28)/b11-10+/t18-/m0/s1. The number of phenolic OH excluding ortho intramolecular Hbond substituents is 1. The molecule has 0 aromatic heterocycles. The summed E-state index contributed by atoms with van der Waals surface area (Å²) in [5.74, 6) is -1.96. The van der Waals surface area contributed by atoms with E-state index in [9.17, 15) is 19.5 Å². The van der Waals surface area contributed by atoms with Crippen molar-refractivity contribution in [2.24, 2.45) is 5.41 Å². The molecule has 0 aliphatic heterocycles. The summed E-state index contributed by atoms with van der Waals surface area (Å²) in [6.45, 7) is 3.29. The van der Waals surface area contributed by atoms with Crippen LogP contribution in [0.4, 0.5) is 4.79 Å². The highest BCUT2D eigenvalue weighted by Gasteiger charge is 2.35. The molecule has 0 aliphatic carbocycles. The minimum absolute atomic E-state index is 0.141. The Morgan fingerprint density at radius 3 is 2.41 bits per heavy atom. The average molecular weight is 462 g/mol. The zero-order chi connectivity index (χ0) is 21.6. The van der Waals surface area contributed by atoms with E-state index in [0.717, 1.165) is 6.08 Å². The topological polar surface area (TPSA) is 113 Å². The Labute approximate surface area is 176 Å². The number of phenols is 1. The van der Waals surface area contributed by atoms with Crippen LogP contribution in [0.1, 0.15) is 35.9 Å². The van der Waals surface area contributed by atoms with Crippen LogP contribution < -0.4 is 5.32 Å². The predicted octanol–water partition coefficient (Wildman–Crippen LogP) is 4.43. The molecule has 2 amide bonds. The maximum absolute atomic E-state index is 12.4. The highest BCUT2D eigenvalue weighted by atomic mass is 79.9. The second-order valence-electron chi connectivity index (χ2n) is 6.80. The summed E-state index contributed by atoms with van der Waals surface area (Å²) in [6, 6.07) is 12.7. The Hall–Kier alpha value is -3.13. The number of benzene rings is 2. The maximum atomic E-state index is 12.4. The molecular weight excluding hydrogens is 442 g/mol. The highest BCUT2D eigenvalue weighted by molar-refractivity contribution is 9.10. The Kier molecular flexibility index (Phi) is 7.17. The molecule has 1 atom stereocenters. The Morgan fingerprint density at radius 1 is 1.14 bits per heavy atom. The third-order valence-electron chi connectivity index (χ3n) is 4.08. The van der Waals surface area contributed by atoms with Crippen LogP contribution in [0.3, 0.4) is 0 Å². The number of aromatic hydroxyl groups is 1. The van der Waals surface area contributed by atoms with Gasteiger partial charge in [-0.05, 0) is 30.3 Å². The van der Waals surface area contributed by atoms with E-state index in [1.165, 1.54) is 12.1 Å². The van der Waals surface area contributed by atoms with Crippen LogP contribution in [-0.4, -0.2) is 28.2 Å². The van der Waals surface area contributed by atoms with Crippen LogP contribution in [0.25, 0.3) is 0 Å². The van der Waals surface area contributed by atoms with Crippen molar-refractivity contribution in [3.05, 3.63) is 76.3 Å². The third-order valence-corrected chi connectivity index (χ3v) is 4.57. The van der Waals surface area contributed by atoms with E-state index in [1.54, 1.807) is 56.3 Å². The molecule has 0 saturated heterocycles. The summed E-state index contributed by atoms with van der Waals surface area (Å²) in [7, 11) is 0. The molecule has 0 aliphatic rings. The van der Waals surface area contributed by atoms with E-state index in [0.29, 0.717) is 4.47 Å². The minimum atomic E-state index is -1.17. The number of imide groups is 1. The summed E-state index contributed by atoms with van der Waals surface area (Å²) in [5.41, 5.74) is -0.498. The van der Waals surface area contributed by atoms with Gasteiger partial charge in [0.25, 0.3) is 5.91 Å². The lowest BCUT2D eigenvalue weighted by Gasteiger charge is -2.32. The van der Waals surface area contributed by atoms with Crippen molar-refractivity contribution in [3.63, 3.8) is 0 Å². The molecule has 0 heterocycles. The molecule has 2 rings (SSSR count). The maximum Gasteiger partial charge on any atom is 0.414 e. The van der Waals surface area contributed by atoms with Crippen molar-refractivity contribution in [2.75, 3.05) is 0 Å². The number of carboxylic acid groups (broad SMARTS) is 1. The van der Waals surface area contributed by atoms with Crippen molar-refractivity contribution < 1.29 is 29.3 Å². The summed E-state index contributed by atoms with van der Waals surface area (Å²) < 4.78 is 6.09. The van der Waals surface area contributed by atoms with Gasteiger partial charge in [0, 0.05) is 27.1 Å². The number of hydrogen-bond donors (Lipinski definition) is 3. The zero-order valence-corrected chi connectivity index (χ0v) is 17.3. The van der Waals surface area contributed by atoms with Gasteiger partial charge in [-0.25, -0.2) is 9.59 Å². The van der Waals surface area contributed by atoms with Crippen LogP contribution in [0, 0.1) is 5.41 Å². The normalized spacial score (nSPS) is 12.4. The number of amides is 2. The van der Waals surface area contributed by atoms with E-state index >= 15 is 0 Å². The molecule has 7 nitrogen and oxygen atoms in total. The van der Waals surface area contributed by atoms with Gasteiger partial charge < -0.3 is 14.9 Å². The fourth-order valence-corrected chi connectivity index (χ4v) is 2.99. The van der Waals surface area contributed by atoms with Crippen molar-refractivity contribution in [2.45, 2.75) is 20.0 Å². The van der Waals surface area contributed by atoms with Crippen LogP contribution in [0.5, 0.6) is 5.75 Å². The molecule has 0 radical (unpaired) electrons. The number of hydrogen-bond acceptors (Lipinski definition) is 5. The first kappa shape index (κ1) is 22.2. The average Bonchev–Trinajstić information content (AvgIpc) is 2.67. The Bertz CT molecular complexity index is 939. The van der Waals surface area contributed by atoms with E-state index < -0.39 is 29.5 Å². The predicted molar refractivity (Wildman–Crippen MR) is 109 cm³/mol. The number of halogens is 1. The van der Waals surface area contributed by atoms with Gasteiger partial charge in [0.15, 0.2) is 0 Å². The molecule has 2 aromatic carbocycles. The fraction of sp³-hybridized carbons (Fsp3) is 0.190. The Balaban J connectivity index is 2.32. The molecule has 0 spiro atoms. The van der Waals surface area contributed by atoms with Gasteiger partial charge in [-0.2, -0.15) is 0 Å². The first-order chi connectivity index (χ1) is 13.6. The van der Waals surface area contributed by atoms with Crippen LogP contribution >= 0.6 is 15.9 Å². The molecule has 29 heavy (non-hydrogen) atoms. The van der Waals surface area contributed by atoms with Gasteiger partial charge in [0.2, 0.25) is 0 Å². The summed E-state index contributed by atoms with van der Waals surface area (Å²) in [4.78, 5) is 35.5. The third kappa shape index (κ3) is 6.18. The van der Waals surface area contributed by atoms with Gasteiger partial charge in [-0.3, -0.25) is 10.1 Å². The molecule has 8 heteroatoms. The van der Waals surface area contributed by atoms with Crippen LogP contribution in [-0.2, 0) is 9.53 Å². The van der Waals surface area contributed by atoms with Gasteiger partial charge in [-0.1, -0.05) is 54.1 Å². The molecule has 2 aromatic rings. The first-order valence-electron chi connectivity index (χ1n) is 8.58. The van der Waals surface area contributed by atoms with Gasteiger partial charge in [0.1, 0.15) is 11.9 Å². The fourth-order valence-electron chi connectivity index (χ4n) is 2.62. The number of aliphatic carboxylic acids is 1. The molecule has 152 valence electrons. The van der Waals surface area contributed by atoms with E-state index in [-0.39, 0.29) is 16.9 Å². The first-order valence-corrected chi connectivity index (χ1v) is 9.37. The number of carbonyl (C=O) groups excluding carboxylic acids is 2. The smallest absolute Gasteiger partial charge is 0.414 e. The van der Waals surface area contributed by atoms with E-state index in [1.807, 2.05) is 0 Å². The molecule has 3 N–H and O–H groups in total. The lowest BCUT2D eigenvalue weighted by molar-refractivity contribution is -0.131.